The van der Waals surface area contributed by atoms with Crippen molar-refractivity contribution in [2.75, 3.05) is 0 Å². The largest absolute Gasteiger partial charge is 0.242 e. The van der Waals surface area contributed by atoms with Crippen LogP contribution in [0.25, 0.3) is 11.1 Å². The molecule has 3 rings (SSSR count). The number of benzene rings is 2. The van der Waals surface area contributed by atoms with Crippen LogP contribution in [0.15, 0.2) is 65.8 Å². The minimum Gasteiger partial charge on any atom is -0.242 e. The number of thiocarbonyl (C=S) groups is 1. The first kappa shape index (κ1) is 20.6. The second-order valence-electron chi connectivity index (χ2n) is 6.97. The first-order valence-electron chi connectivity index (χ1n) is 9.54. The summed E-state index contributed by atoms with van der Waals surface area (Å²) in [5.74, 6) is 5.88. The van der Waals surface area contributed by atoms with E-state index in [1.807, 2.05) is 24.3 Å². The Hall–Kier alpha value is -3.12. The molecule has 0 aliphatic rings. The van der Waals surface area contributed by atoms with E-state index in [0.717, 1.165) is 17.5 Å². The Morgan fingerprint density at radius 3 is 2.28 bits per heavy atom. The standard InChI is InChI=1S/C25H21FN2S/c1-3-18(2)14-20-6-11-22(12-7-20)21-9-4-19(5-10-21)8-13-25-24(26)15-23(16-27-25)28-17-29/h4-7,9-12,15-16,18H,3,14H2,1-2H3. The van der Waals surface area contributed by atoms with E-state index >= 15 is 0 Å². The second-order valence-corrected chi connectivity index (χ2v) is 7.15. The fourth-order valence-electron chi connectivity index (χ4n) is 2.89. The average molecular weight is 401 g/mol. The molecule has 0 saturated carbocycles. The van der Waals surface area contributed by atoms with E-state index in [4.69, 9.17) is 0 Å². The molecular weight excluding hydrogens is 379 g/mol. The van der Waals surface area contributed by atoms with Gasteiger partial charge in [0.1, 0.15) is 5.69 Å². The Labute approximate surface area is 176 Å². The van der Waals surface area contributed by atoms with Crippen LogP contribution in [0.1, 0.15) is 37.1 Å². The summed E-state index contributed by atoms with van der Waals surface area (Å²) in [4.78, 5) is 7.69. The predicted molar refractivity (Wildman–Crippen MR) is 120 cm³/mol. The van der Waals surface area contributed by atoms with E-state index in [1.165, 1.54) is 29.8 Å². The van der Waals surface area contributed by atoms with Gasteiger partial charge in [-0.1, -0.05) is 62.6 Å². The van der Waals surface area contributed by atoms with Gasteiger partial charge >= 0.3 is 0 Å². The summed E-state index contributed by atoms with van der Waals surface area (Å²) in [6.07, 6.45) is 3.71. The van der Waals surface area contributed by atoms with Gasteiger partial charge in [-0.3, -0.25) is 0 Å². The second kappa shape index (κ2) is 9.89. The van der Waals surface area contributed by atoms with Gasteiger partial charge in [-0.05, 0) is 59.3 Å². The first-order chi connectivity index (χ1) is 14.1. The maximum Gasteiger partial charge on any atom is 0.159 e. The van der Waals surface area contributed by atoms with Crippen molar-refractivity contribution in [2.45, 2.75) is 26.7 Å². The van der Waals surface area contributed by atoms with Crippen molar-refractivity contribution in [2.24, 2.45) is 10.9 Å². The lowest BCUT2D eigenvalue weighted by atomic mass is 9.96. The lowest BCUT2D eigenvalue weighted by Gasteiger charge is -2.09. The molecule has 1 atom stereocenters. The number of nitrogens with zero attached hydrogens (tertiary/aromatic N) is 2. The van der Waals surface area contributed by atoms with Gasteiger partial charge in [-0.25, -0.2) is 9.37 Å². The van der Waals surface area contributed by atoms with Crippen molar-refractivity contribution in [1.29, 1.82) is 0 Å². The summed E-state index contributed by atoms with van der Waals surface area (Å²) in [6.45, 7) is 4.50. The zero-order valence-electron chi connectivity index (χ0n) is 16.4. The number of rotatable bonds is 5. The third-order valence-electron chi connectivity index (χ3n) is 4.78. The first-order valence-corrected chi connectivity index (χ1v) is 9.94. The van der Waals surface area contributed by atoms with Crippen molar-refractivity contribution < 1.29 is 4.39 Å². The molecule has 1 heterocycles. The van der Waals surface area contributed by atoms with E-state index in [9.17, 15) is 4.39 Å². The smallest absolute Gasteiger partial charge is 0.159 e. The summed E-state index contributed by atoms with van der Waals surface area (Å²) in [5.41, 5.74) is 4.85. The number of aliphatic imine (C=N–C) groups is 1. The van der Waals surface area contributed by atoms with Gasteiger partial charge in [0, 0.05) is 11.6 Å². The van der Waals surface area contributed by atoms with Crippen LogP contribution in [0, 0.1) is 23.6 Å². The van der Waals surface area contributed by atoms with Crippen LogP contribution in [0.5, 0.6) is 0 Å². The molecule has 2 aromatic carbocycles. The third kappa shape index (κ3) is 5.68. The van der Waals surface area contributed by atoms with Gasteiger partial charge in [0.25, 0.3) is 0 Å². The van der Waals surface area contributed by atoms with Crippen LogP contribution in [0.4, 0.5) is 10.1 Å². The van der Waals surface area contributed by atoms with E-state index in [-0.39, 0.29) is 5.69 Å². The van der Waals surface area contributed by atoms with E-state index < -0.39 is 5.82 Å². The zero-order chi connectivity index (χ0) is 20.6. The molecule has 0 radical (unpaired) electrons. The maximum atomic E-state index is 14.0. The molecule has 0 bridgehead atoms. The maximum absolute atomic E-state index is 14.0. The molecule has 0 aliphatic carbocycles. The van der Waals surface area contributed by atoms with Crippen LogP contribution in [0.3, 0.4) is 0 Å². The lowest BCUT2D eigenvalue weighted by molar-refractivity contribution is 0.560. The fourth-order valence-corrected chi connectivity index (χ4v) is 3.00. The number of pyridine rings is 1. The number of hydrogen-bond acceptors (Lipinski definition) is 3. The minimum absolute atomic E-state index is 0.0780. The van der Waals surface area contributed by atoms with Crippen molar-refractivity contribution in [1.82, 2.24) is 4.98 Å². The molecule has 3 aromatic rings. The molecule has 1 aromatic heterocycles. The van der Waals surface area contributed by atoms with Crippen LogP contribution < -0.4 is 0 Å². The minimum atomic E-state index is -0.530. The highest BCUT2D eigenvalue weighted by Crippen LogP contribution is 2.22. The van der Waals surface area contributed by atoms with Gasteiger partial charge in [-0.15, -0.1) is 0 Å². The molecule has 0 spiro atoms. The Balaban J connectivity index is 1.73. The van der Waals surface area contributed by atoms with E-state index in [0.29, 0.717) is 11.6 Å². The summed E-state index contributed by atoms with van der Waals surface area (Å²) in [5, 5.41) is 2.19. The highest BCUT2D eigenvalue weighted by molar-refractivity contribution is 7.78. The Morgan fingerprint density at radius 2 is 1.69 bits per heavy atom. The molecule has 0 amide bonds. The van der Waals surface area contributed by atoms with Crippen LogP contribution >= 0.6 is 12.2 Å². The number of aromatic nitrogens is 1. The number of isothiocyanates is 1. The number of halogens is 1. The van der Waals surface area contributed by atoms with Gasteiger partial charge in [-0.2, -0.15) is 4.99 Å². The fraction of sp³-hybridized carbons (Fsp3) is 0.200. The summed E-state index contributed by atoms with van der Waals surface area (Å²) < 4.78 is 14.0. The van der Waals surface area contributed by atoms with Gasteiger partial charge in [0.05, 0.1) is 17.0 Å². The predicted octanol–water partition coefficient (Wildman–Crippen LogP) is 6.61. The monoisotopic (exact) mass is 400 g/mol. The summed E-state index contributed by atoms with van der Waals surface area (Å²) in [7, 11) is 0. The summed E-state index contributed by atoms with van der Waals surface area (Å²) in [6, 6.07) is 17.8. The summed E-state index contributed by atoms with van der Waals surface area (Å²) >= 11 is 4.50. The van der Waals surface area contributed by atoms with Gasteiger partial charge < -0.3 is 0 Å². The molecule has 144 valence electrons. The molecule has 1 unspecified atom stereocenters. The van der Waals surface area contributed by atoms with Crippen molar-refractivity contribution in [3.63, 3.8) is 0 Å². The zero-order valence-corrected chi connectivity index (χ0v) is 17.3. The molecule has 0 fully saturated rings. The Kier molecular flexibility index (Phi) is 7.03. The molecule has 4 heteroatoms. The number of hydrogen-bond donors (Lipinski definition) is 0. The van der Waals surface area contributed by atoms with Crippen molar-refractivity contribution >= 4 is 23.1 Å². The normalized spacial score (nSPS) is 11.1. The molecule has 0 aliphatic heterocycles. The molecule has 0 saturated heterocycles. The molecule has 2 nitrogen and oxygen atoms in total. The van der Waals surface area contributed by atoms with Gasteiger partial charge in [0.15, 0.2) is 5.82 Å². The highest BCUT2D eigenvalue weighted by Gasteiger charge is 2.04. The lowest BCUT2D eigenvalue weighted by Crippen LogP contribution is -1.97. The van der Waals surface area contributed by atoms with Gasteiger partial charge in [0.2, 0.25) is 0 Å². The van der Waals surface area contributed by atoms with Crippen molar-refractivity contribution in [3.8, 4) is 23.0 Å². The van der Waals surface area contributed by atoms with E-state index in [2.05, 4.69) is 77.3 Å². The SMILES string of the molecule is CCC(C)Cc1ccc(-c2ccc(C#Cc3ncc(N=C=S)cc3F)cc2)cc1. The molecule has 29 heavy (non-hydrogen) atoms. The molecule has 0 N–H and O–H groups in total. The Morgan fingerprint density at radius 1 is 1.03 bits per heavy atom. The third-order valence-corrected chi connectivity index (χ3v) is 4.87. The average Bonchev–Trinajstić information content (AvgIpc) is 2.74. The topological polar surface area (TPSA) is 25.2 Å². The van der Waals surface area contributed by atoms with Crippen LogP contribution in [0.2, 0.25) is 0 Å². The van der Waals surface area contributed by atoms with Crippen LogP contribution in [-0.2, 0) is 6.42 Å². The highest BCUT2D eigenvalue weighted by atomic mass is 32.1. The Bertz CT molecular complexity index is 1090. The quantitative estimate of drug-likeness (QED) is 0.273. The van der Waals surface area contributed by atoms with E-state index in [1.54, 1.807) is 0 Å². The molecular formula is C25H21FN2S. The van der Waals surface area contributed by atoms with Crippen LogP contribution in [-0.4, -0.2) is 10.1 Å². The van der Waals surface area contributed by atoms with Crippen molar-refractivity contribution in [3.05, 3.63) is 83.4 Å².